The molecule has 1 unspecified atom stereocenters. The molecule has 3 heteroatoms. The quantitative estimate of drug-likeness (QED) is 0.780. The molecule has 1 aliphatic carbocycles. The Morgan fingerprint density at radius 2 is 2.11 bits per heavy atom. The van der Waals surface area contributed by atoms with Crippen LogP contribution in [0.15, 0.2) is 18.2 Å². The lowest BCUT2D eigenvalue weighted by Gasteiger charge is -2.17. The van der Waals surface area contributed by atoms with Gasteiger partial charge in [-0.05, 0) is 43.5 Å². The molecule has 0 radical (unpaired) electrons. The highest BCUT2D eigenvalue weighted by atomic mass is 16.5. The second-order valence-electron chi connectivity index (χ2n) is 5.41. The van der Waals surface area contributed by atoms with Crippen LogP contribution in [0.4, 0.5) is 0 Å². The molecule has 1 aliphatic rings. The maximum Gasteiger partial charge on any atom is 0.124 e. The summed E-state index contributed by atoms with van der Waals surface area (Å²) in [5.74, 6) is 1.88. The Labute approximate surface area is 116 Å². The first kappa shape index (κ1) is 14.4. The zero-order valence-electron chi connectivity index (χ0n) is 12.2. The van der Waals surface area contributed by atoms with Crippen molar-refractivity contribution in [2.24, 2.45) is 5.92 Å². The van der Waals surface area contributed by atoms with Crippen molar-refractivity contribution in [1.29, 1.82) is 0 Å². The molecule has 1 atom stereocenters. The maximum absolute atomic E-state index is 5.35. The van der Waals surface area contributed by atoms with Crippen molar-refractivity contribution < 1.29 is 9.47 Å². The van der Waals surface area contributed by atoms with Gasteiger partial charge < -0.3 is 14.8 Å². The maximum atomic E-state index is 5.35. The zero-order valence-corrected chi connectivity index (χ0v) is 12.2. The highest BCUT2D eigenvalue weighted by Crippen LogP contribution is 2.32. The minimum atomic E-state index is 0.375. The third-order valence-corrected chi connectivity index (χ3v) is 3.80. The summed E-state index contributed by atoms with van der Waals surface area (Å²) in [5, 5.41) is 3.60. The molecule has 0 spiro atoms. The van der Waals surface area contributed by atoms with Gasteiger partial charge in [-0.25, -0.2) is 0 Å². The van der Waals surface area contributed by atoms with Crippen molar-refractivity contribution in [2.75, 3.05) is 20.8 Å². The van der Waals surface area contributed by atoms with E-state index < -0.39 is 0 Å². The van der Waals surface area contributed by atoms with E-state index in [9.17, 15) is 0 Å². The van der Waals surface area contributed by atoms with Gasteiger partial charge in [-0.1, -0.05) is 18.9 Å². The molecular formula is C16H25NO2. The molecule has 0 aliphatic heterocycles. The summed E-state index contributed by atoms with van der Waals surface area (Å²) in [6.07, 6.45) is 4.17. The lowest BCUT2D eigenvalue weighted by molar-refractivity contribution is 0.181. The molecule has 19 heavy (non-hydrogen) atoms. The summed E-state index contributed by atoms with van der Waals surface area (Å²) in [7, 11) is 3.41. The largest absolute Gasteiger partial charge is 0.496 e. The third kappa shape index (κ3) is 4.22. The molecule has 0 bridgehead atoms. The summed E-state index contributed by atoms with van der Waals surface area (Å²) in [6, 6.07) is 6.72. The molecule has 0 aromatic heterocycles. The Bertz CT molecular complexity index is 402. The Morgan fingerprint density at radius 3 is 2.74 bits per heavy atom. The number of nitrogens with one attached hydrogen (secondary N) is 1. The van der Waals surface area contributed by atoms with Gasteiger partial charge in [-0.15, -0.1) is 0 Å². The lowest BCUT2D eigenvalue weighted by Crippen LogP contribution is -2.20. The molecule has 1 aromatic rings. The number of hydrogen-bond donors (Lipinski definition) is 1. The highest BCUT2D eigenvalue weighted by Gasteiger charge is 2.20. The average molecular weight is 263 g/mol. The van der Waals surface area contributed by atoms with Crippen LogP contribution in [0.5, 0.6) is 5.75 Å². The van der Waals surface area contributed by atoms with Crippen LogP contribution in [-0.2, 0) is 11.3 Å². The average Bonchev–Trinajstić information content (AvgIpc) is 3.23. The van der Waals surface area contributed by atoms with Gasteiger partial charge >= 0.3 is 0 Å². The standard InChI is InChI=1S/C16H25NO2/c1-12(17-9-8-13-4-5-13)14-6-7-16(19-3)15(10-14)11-18-2/h6-7,10,12-13,17H,4-5,8-9,11H2,1-3H3. The van der Waals surface area contributed by atoms with Gasteiger partial charge in [0, 0.05) is 18.7 Å². The van der Waals surface area contributed by atoms with E-state index >= 15 is 0 Å². The van der Waals surface area contributed by atoms with Crippen LogP contribution in [0.2, 0.25) is 0 Å². The lowest BCUT2D eigenvalue weighted by atomic mass is 10.0. The SMILES string of the molecule is COCc1cc(C(C)NCCC2CC2)ccc1OC. The Hall–Kier alpha value is -1.06. The molecule has 1 aromatic carbocycles. The molecule has 1 N–H and O–H groups in total. The van der Waals surface area contributed by atoms with Crippen molar-refractivity contribution in [3.63, 3.8) is 0 Å². The highest BCUT2D eigenvalue weighted by molar-refractivity contribution is 5.38. The molecule has 106 valence electrons. The molecular weight excluding hydrogens is 238 g/mol. The van der Waals surface area contributed by atoms with E-state index in [0.717, 1.165) is 23.8 Å². The predicted octanol–water partition coefficient (Wildman–Crippen LogP) is 3.29. The van der Waals surface area contributed by atoms with Crippen LogP contribution in [-0.4, -0.2) is 20.8 Å². The second-order valence-corrected chi connectivity index (χ2v) is 5.41. The van der Waals surface area contributed by atoms with Crippen LogP contribution in [0, 0.1) is 5.92 Å². The molecule has 0 amide bonds. The van der Waals surface area contributed by atoms with Gasteiger partial charge in [0.15, 0.2) is 0 Å². The fourth-order valence-corrected chi connectivity index (χ4v) is 2.36. The Kier molecular flexibility index (Phi) is 5.23. The van der Waals surface area contributed by atoms with Crippen LogP contribution in [0.3, 0.4) is 0 Å². The van der Waals surface area contributed by atoms with Crippen molar-refractivity contribution in [2.45, 2.75) is 38.8 Å². The van der Waals surface area contributed by atoms with Crippen LogP contribution < -0.4 is 10.1 Å². The molecule has 3 nitrogen and oxygen atoms in total. The predicted molar refractivity (Wildman–Crippen MR) is 77.5 cm³/mol. The van der Waals surface area contributed by atoms with Gasteiger partial charge in [0.2, 0.25) is 0 Å². The first-order chi connectivity index (χ1) is 9.24. The van der Waals surface area contributed by atoms with Crippen molar-refractivity contribution in [3.05, 3.63) is 29.3 Å². The number of hydrogen-bond acceptors (Lipinski definition) is 3. The summed E-state index contributed by atoms with van der Waals surface area (Å²) < 4.78 is 10.6. The van der Waals surface area contributed by atoms with E-state index in [2.05, 4.69) is 24.4 Å². The summed E-state index contributed by atoms with van der Waals surface area (Å²) >= 11 is 0. The second kappa shape index (κ2) is 6.92. The molecule has 0 saturated heterocycles. The minimum Gasteiger partial charge on any atom is -0.496 e. The van der Waals surface area contributed by atoms with Gasteiger partial charge in [0.1, 0.15) is 5.75 Å². The summed E-state index contributed by atoms with van der Waals surface area (Å²) in [6.45, 7) is 3.91. The Balaban J connectivity index is 1.94. The van der Waals surface area contributed by atoms with Gasteiger partial charge in [0.05, 0.1) is 13.7 Å². The first-order valence-electron chi connectivity index (χ1n) is 7.13. The third-order valence-electron chi connectivity index (χ3n) is 3.80. The molecule has 1 fully saturated rings. The Morgan fingerprint density at radius 1 is 1.32 bits per heavy atom. The fraction of sp³-hybridized carbons (Fsp3) is 0.625. The van der Waals surface area contributed by atoms with Crippen molar-refractivity contribution in [3.8, 4) is 5.75 Å². The number of methoxy groups -OCH3 is 2. The van der Waals surface area contributed by atoms with Crippen LogP contribution >= 0.6 is 0 Å². The topological polar surface area (TPSA) is 30.5 Å². The zero-order chi connectivity index (χ0) is 13.7. The number of benzene rings is 1. The number of rotatable bonds is 8. The van der Waals surface area contributed by atoms with E-state index in [1.165, 1.54) is 24.8 Å². The molecule has 2 rings (SSSR count). The summed E-state index contributed by atoms with van der Waals surface area (Å²) in [5.41, 5.74) is 2.40. The van der Waals surface area contributed by atoms with E-state index in [0.29, 0.717) is 12.6 Å². The van der Waals surface area contributed by atoms with Gasteiger partial charge in [0.25, 0.3) is 0 Å². The van der Waals surface area contributed by atoms with Crippen LogP contribution in [0.25, 0.3) is 0 Å². The molecule has 1 saturated carbocycles. The monoisotopic (exact) mass is 263 g/mol. The van der Waals surface area contributed by atoms with E-state index in [-0.39, 0.29) is 0 Å². The van der Waals surface area contributed by atoms with Crippen molar-refractivity contribution in [1.82, 2.24) is 5.32 Å². The smallest absolute Gasteiger partial charge is 0.124 e. The van der Waals surface area contributed by atoms with Gasteiger partial charge in [-0.3, -0.25) is 0 Å². The first-order valence-corrected chi connectivity index (χ1v) is 7.13. The normalized spacial score (nSPS) is 16.4. The van der Waals surface area contributed by atoms with Crippen LogP contribution in [0.1, 0.15) is 43.4 Å². The fourth-order valence-electron chi connectivity index (χ4n) is 2.36. The summed E-state index contributed by atoms with van der Waals surface area (Å²) in [4.78, 5) is 0. The number of ether oxygens (including phenoxy) is 2. The van der Waals surface area contributed by atoms with Crippen molar-refractivity contribution >= 4 is 0 Å². The molecule has 0 heterocycles. The van der Waals surface area contributed by atoms with Gasteiger partial charge in [-0.2, -0.15) is 0 Å². The minimum absolute atomic E-state index is 0.375. The van der Waals surface area contributed by atoms with E-state index in [4.69, 9.17) is 9.47 Å². The van der Waals surface area contributed by atoms with E-state index in [1.54, 1.807) is 14.2 Å². The van der Waals surface area contributed by atoms with E-state index in [1.807, 2.05) is 6.07 Å².